The molecule has 0 aromatic heterocycles. The SMILES string of the molecule is NC(CCN1CCCC1C1CCCC1)C1CC1. The zero-order valence-corrected chi connectivity index (χ0v) is 11.1. The molecule has 3 rings (SSSR count). The van der Waals surface area contributed by atoms with Gasteiger partial charge >= 0.3 is 0 Å². The van der Waals surface area contributed by atoms with Crippen molar-refractivity contribution in [1.29, 1.82) is 0 Å². The second-order valence-corrected chi connectivity index (χ2v) is 6.58. The average molecular weight is 236 g/mol. The lowest BCUT2D eigenvalue weighted by atomic mass is 9.95. The van der Waals surface area contributed by atoms with Gasteiger partial charge in [-0.05, 0) is 69.9 Å². The molecule has 2 saturated carbocycles. The lowest BCUT2D eigenvalue weighted by molar-refractivity contribution is 0.183. The van der Waals surface area contributed by atoms with Crippen molar-refractivity contribution < 1.29 is 0 Å². The predicted molar refractivity (Wildman–Crippen MR) is 71.9 cm³/mol. The van der Waals surface area contributed by atoms with Gasteiger partial charge in [-0.1, -0.05) is 12.8 Å². The third-order valence-electron chi connectivity index (χ3n) is 5.34. The van der Waals surface area contributed by atoms with Crippen LogP contribution in [-0.2, 0) is 0 Å². The van der Waals surface area contributed by atoms with Crippen molar-refractivity contribution in [3.63, 3.8) is 0 Å². The molecular weight excluding hydrogens is 208 g/mol. The van der Waals surface area contributed by atoms with Gasteiger partial charge in [0.25, 0.3) is 0 Å². The Hall–Kier alpha value is -0.0800. The molecule has 3 fully saturated rings. The van der Waals surface area contributed by atoms with Crippen molar-refractivity contribution in [1.82, 2.24) is 4.90 Å². The largest absolute Gasteiger partial charge is 0.327 e. The van der Waals surface area contributed by atoms with Gasteiger partial charge < -0.3 is 10.6 Å². The summed E-state index contributed by atoms with van der Waals surface area (Å²) in [6.45, 7) is 2.62. The number of nitrogens with two attached hydrogens (primary N) is 1. The predicted octanol–water partition coefficient (Wildman–Crippen LogP) is 2.77. The van der Waals surface area contributed by atoms with Crippen molar-refractivity contribution in [2.75, 3.05) is 13.1 Å². The van der Waals surface area contributed by atoms with Crippen LogP contribution in [0.4, 0.5) is 0 Å². The van der Waals surface area contributed by atoms with Crippen molar-refractivity contribution in [3.05, 3.63) is 0 Å². The van der Waals surface area contributed by atoms with Gasteiger partial charge in [0.05, 0.1) is 0 Å². The summed E-state index contributed by atoms with van der Waals surface area (Å²) in [6, 6.07) is 1.42. The van der Waals surface area contributed by atoms with Crippen LogP contribution in [0.1, 0.15) is 57.8 Å². The van der Waals surface area contributed by atoms with Gasteiger partial charge in [0.2, 0.25) is 0 Å². The number of rotatable bonds is 5. The summed E-state index contributed by atoms with van der Waals surface area (Å²) in [5, 5.41) is 0. The van der Waals surface area contributed by atoms with Crippen LogP contribution in [0.2, 0.25) is 0 Å². The molecule has 0 amide bonds. The van der Waals surface area contributed by atoms with Gasteiger partial charge in [-0.2, -0.15) is 0 Å². The summed E-state index contributed by atoms with van der Waals surface area (Å²) in [5.74, 6) is 1.90. The van der Waals surface area contributed by atoms with E-state index >= 15 is 0 Å². The van der Waals surface area contributed by atoms with E-state index in [0.29, 0.717) is 6.04 Å². The Morgan fingerprint density at radius 1 is 1.00 bits per heavy atom. The maximum absolute atomic E-state index is 6.23. The monoisotopic (exact) mass is 236 g/mol. The van der Waals surface area contributed by atoms with E-state index in [1.165, 1.54) is 70.9 Å². The first-order chi connectivity index (χ1) is 8.34. The molecule has 0 aromatic carbocycles. The van der Waals surface area contributed by atoms with E-state index in [2.05, 4.69) is 4.90 Å². The molecule has 0 spiro atoms. The Morgan fingerprint density at radius 3 is 2.47 bits per heavy atom. The minimum Gasteiger partial charge on any atom is -0.327 e. The smallest absolute Gasteiger partial charge is 0.0124 e. The second kappa shape index (κ2) is 5.27. The van der Waals surface area contributed by atoms with Gasteiger partial charge in [-0.3, -0.25) is 0 Å². The van der Waals surface area contributed by atoms with E-state index in [4.69, 9.17) is 5.73 Å². The third-order valence-corrected chi connectivity index (χ3v) is 5.34. The number of hydrogen-bond acceptors (Lipinski definition) is 2. The fourth-order valence-corrected chi connectivity index (χ4v) is 4.08. The molecule has 1 saturated heterocycles. The summed E-state index contributed by atoms with van der Waals surface area (Å²) >= 11 is 0. The molecule has 98 valence electrons. The number of nitrogens with zero attached hydrogens (tertiary/aromatic N) is 1. The van der Waals surface area contributed by atoms with Crippen molar-refractivity contribution in [2.24, 2.45) is 17.6 Å². The number of likely N-dealkylation sites (tertiary alicyclic amines) is 1. The number of hydrogen-bond donors (Lipinski definition) is 1. The lowest BCUT2D eigenvalue weighted by Gasteiger charge is -2.30. The molecule has 2 heteroatoms. The van der Waals surface area contributed by atoms with Crippen molar-refractivity contribution in [2.45, 2.75) is 69.9 Å². The third kappa shape index (κ3) is 2.85. The maximum Gasteiger partial charge on any atom is 0.0124 e. The minimum atomic E-state index is 0.500. The Morgan fingerprint density at radius 2 is 1.76 bits per heavy atom. The van der Waals surface area contributed by atoms with Crippen LogP contribution in [-0.4, -0.2) is 30.1 Å². The molecule has 2 aliphatic carbocycles. The highest BCUT2D eigenvalue weighted by atomic mass is 15.2. The van der Waals surface area contributed by atoms with Gasteiger partial charge in [0, 0.05) is 12.1 Å². The van der Waals surface area contributed by atoms with E-state index in [-0.39, 0.29) is 0 Å². The zero-order valence-electron chi connectivity index (χ0n) is 11.1. The molecule has 17 heavy (non-hydrogen) atoms. The summed E-state index contributed by atoms with van der Waals surface area (Å²) in [7, 11) is 0. The summed E-state index contributed by atoms with van der Waals surface area (Å²) in [5.41, 5.74) is 6.23. The van der Waals surface area contributed by atoms with E-state index < -0.39 is 0 Å². The van der Waals surface area contributed by atoms with Crippen molar-refractivity contribution in [3.8, 4) is 0 Å². The molecular formula is C15H28N2. The highest BCUT2D eigenvalue weighted by molar-refractivity contribution is 4.89. The first kappa shape index (κ1) is 12.0. The Labute approximate surface area is 106 Å². The van der Waals surface area contributed by atoms with E-state index in [9.17, 15) is 0 Å². The molecule has 0 radical (unpaired) electrons. The highest BCUT2D eigenvalue weighted by Crippen LogP contribution is 2.36. The van der Waals surface area contributed by atoms with E-state index in [1.54, 1.807) is 0 Å². The van der Waals surface area contributed by atoms with Gasteiger partial charge in [-0.25, -0.2) is 0 Å². The fourth-order valence-electron chi connectivity index (χ4n) is 4.08. The molecule has 2 unspecified atom stereocenters. The molecule has 2 atom stereocenters. The molecule has 1 aliphatic heterocycles. The van der Waals surface area contributed by atoms with E-state index in [1.807, 2.05) is 0 Å². The van der Waals surface area contributed by atoms with Crippen LogP contribution in [0.3, 0.4) is 0 Å². The fraction of sp³-hybridized carbons (Fsp3) is 1.00. The van der Waals surface area contributed by atoms with Crippen LogP contribution in [0.25, 0.3) is 0 Å². The molecule has 2 nitrogen and oxygen atoms in total. The van der Waals surface area contributed by atoms with Crippen LogP contribution in [0.15, 0.2) is 0 Å². The highest BCUT2D eigenvalue weighted by Gasteiger charge is 2.34. The first-order valence-corrected chi connectivity index (χ1v) is 7.84. The Balaban J connectivity index is 1.47. The van der Waals surface area contributed by atoms with Crippen LogP contribution in [0.5, 0.6) is 0 Å². The van der Waals surface area contributed by atoms with Gasteiger partial charge in [-0.15, -0.1) is 0 Å². The van der Waals surface area contributed by atoms with Crippen LogP contribution >= 0.6 is 0 Å². The summed E-state index contributed by atoms with van der Waals surface area (Å²) < 4.78 is 0. The Kier molecular flexibility index (Phi) is 3.72. The zero-order chi connectivity index (χ0) is 11.7. The normalized spacial score (nSPS) is 33.4. The van der Waals surface area contributed by atoms with Gasteiger partial charge in [0.1, 0.15) is 0 Å². The standard InChI is InChI=1S/C15H28N2/c16-14(12-7-8-12)9-11-17-10-3-6-15(17)13-4-1-2-5-13/h12-15H,1-11,16H2. The molecule has 3 aliphatic rings. The second-order valence-electron chi connectivity index (χ2n) is 6.58. The minimum absolute atomic E-state index is 0.500. The van der Waals surface area contributed by atoms with Crippen LogP contribution in [0, 0.1) is 11.8 Å². The van der Waals surface area contributed by atoms with Crippen LogP contribution < -0.4 is 5.73 Å². The lowest BCUT2D eigenvalue weighted by Crippen LogP contribution is -2.38. The molecule has 0 bridgehead atoms. The maximum atomic E-state index is 6.23. The molecule has 1 heterocycles. The summed E-state index contributed by atoms with van der Waals surface area (Å²) in [4.78, 5) is 2.78. The molecule has 2 N–H and O–H groups in total. The van der Waals surface area contributed by atoms with Crippen molar-refractivity contribution >= 4 is 0 Å². The van der Waals surface area contributed by atoms with Gasteiger partial charge in [0.15, 0.2) is 0 Å². The Bertz CT molecular complexity index is 243. The quantitative estimate of drug-likeness (QED) is 0.795. The molecule has 0 aromatic rings. The summed E-state index contributed by atoms with van der Waals surface area (Å²) in [6.07, 6.45) is 12.9. The topological polar surface area (TPSA) is 29.3 Å². The van der Waals surface area contributed by atoms with E-state index in [0.717, 1.165) is 17.9 Å². The first-order valence-electron chi connectivity index (χ1n) is 7.84. The average Bonchev–Trinajstić information content (AvgIpc) is 2.88.